The average molecular weight is 666 g/mol. The Morgan fingerprint density at radius 3 is 1.21 bits per heavy atom. The van der Waals surface area contributed by atoms with Gasteiger partial charge in [0.1, 0.15) is 0 Å². The van der Waals surface area contributed by atoms with Gasteiger partial charge in [-0.1, -0.05) is 172 Å². The summed E-state index contributed by atoms with van der Waals surface area (Å²) < 4.78 is 0. The van der Waals surface area contributed by atoms with Crippen molar-refractivity contribution in [2.75, 3.05) is 4.90 Å². The van der Waals surface area contributed by atoms with Crippen LogP contribution in [0.5, 0.6) is 0 Å². The van der Waals surface area contributed by atoms with Crippen LogP contribution in [0.3, 0.4) is 0 Å². The van der Waals surface area contributed by atoms with Crippen molar-refractivity contribution in [3.8, 4) is 55.6 Å². The SMILES string of the molecule is CC1(C)c2cc(-c3ccccc3)ccc2-c2ccc(N(c3ccc(-c4ccc(-c5ccccc5)cc4)cc3)c3cccc(-c4ccccc4)c3)cc21. The quantitative estimate of drug-likeness (QED) is 0.164. The van der Waals surface area contributed by atoms with Crippen LogP contribution in [-0.2, 0) is 5.41 Å². The summed E-state index contributed by atoms with van der Waals surface area (Å²) in [4.78, 5) is 2.41. The number of rotatable bonds is 7. The van der Waals surface area contributed by atoms with Crippen molar-refractivity contribution in [1.29, 1.82) is 0 Å². The molecule has 0 amide bonds. The highest BCUT2D eigenvalue weighted by Crippen LogP contribution is 2.51. The van der Waals surface area contributed by atoms with Crippen molar-refractivity contribution in [2.45, 2.75) is 19.3 Å². The number of anilines is 3. The number of hydrogen-bond donors (Lipinski definition) is 0. The molecule has 1 nitrogen and oxygen atoms in total. The van der Waals surface area contributed by atoms with Gasteiger partial charge in [0, 0.05) is 22.5 Å². The van der Waals surface area contributed by atoms with Crippen molar-refractivity contribution in [2.24, 2.45) is 0 Å². The van der Waals surface area contributed by atoms with Crippen molar-refractivity contribution < 1.29 is 0 Å². The Labute approximate surface area is 307 Å². The molecule has 8 aromatic carbocycles. The Bertz CT molecular complexity index is 2500. The molecule has 0 saturated carbocycles. The molecule has 9 rings (SSSR count). The van der Waals surface area contributed by atoms with Crippen molar-refractivity contribution >= 4 is 17.1 Å². The first-order valence-electron chi connectivity index (χ1n) is 18.1. The third kappa shape index (κ3) is 5.71. The molecule has 0 N–H and O–H groups in total. The van der Waals surface area contributed by atoms with Crippen molar-refractivity contribution in [3.63, 3.8) is 0 Å². The molecule has 0 spiro atoms. The van der Waals surface area contributed by atoms with E-state index < -0.39 is 0 Å². The first kappa shape index (κ1) is 31.5. The van der Waals surface area contributed by atoms with Gasteiger partial charge < -0.3 is 4.90 Å². The first-order valence-corrected chi connectivity index (χ1v) is 18.1. The Balaban J connectivity index is 1.12. The lowest BCUT2D eigenvalue weighted by Crippen LogP contribution is -2.16. The van der Waals surface area contributed by atoms with E-state index in [-0.39, 0.29) is 5.41 Å². The molecule has 0 fully saturated rings. The molecule has 8 aromatic rings. The molecule has 0 saturated heterocycles. The second kappa shape index (κ2) is 13.0. The van der Waals surface area contributed by atoms with Crippen LogP contribution in [0.25, 0.3) is 55.6 Å². The second-order valence-corrected chi connectivity index (χ2v) is 14.2. The van der Waals surface area contributed by atoms with Crippen LogP contribution in [0.1, 0.15) is 25.0 Å². The molecular formula is C51H39N. The van der Waals surface area contributed by atoms with Gasteiger partial charge >= 0.3 is 0 Å². The lowest BCUT2D eigenvalue weighted by molar-refractivity contribution is 0.660. The largest absolute Gasteiger partial charge is 0.310 e. The summed E-state index contributed by atoms with van der Waals surface area (Å²) in [7, 11) is 0. The maximum Gasteiger partial charge on any atom is 0.0467 e. The normalized spacial score (nSPS) is 12.6. The van der Waals surface area contributed by atoms with Gasteiger partial charge in [-0.25, -0.2) is 0 Å². The zero-order valence-corrected chi connectivity index (χ0v) is 29.5. The molecule has 0 unspecified atom stereocenters. The molecule has 0 heterocycles. The number of nitrogens with zero attached hydrogens (tertiary/aromatic N) is 1. The molecule has 1 heteroatoms. The maximum absolute atomic E-state index is 2.42. The summed E-state index contributed by atoms with van der Waals surface area (Å²) in [5.41, 5.74) is 18.4. The summed E-state index contributed by atoms with van der Waals surface area (Å²) in [6.45, 7) is 4.74. The Kier molecular flexibility index (Phi) is 7.90. The summed E-state index contributed by atoms with van der Waals surface area (Å²) in [5, 5.41) is 0. The van der Waals surface area contributed by atoms with Crippen molar-refractivity contribution in [3.05, 3.63) is 211 Å². The highest BCUT2D eigenvalue weighted by atomic mass is 15.1. The van der Waals surface area contributed by atoms with Gasteiger partial charge in [-0.05, 0) is 109 Å². The lowest BCUT2D eigenvalue weighted by Gasteiger charge is -2.28. The molecule has 52 heavy (non-hydrogen) atoms. The maximum atomic E-state index is 2.42. The fourth-order valence-electron chi connectivity index (χ4n) is 7.87. The molecular weight excluding hydrogens is 627 g/mol. The molecule has 0 aromatic heterocycles. The van der Waals surface area contributed by atoms with Gasteiger partial charge in [0.15, 0.2) is 0 Å². The average Bonchev–Trinajstić information content (AvgIpc) is 3.44. The predicted octanol–water partition coefficient (Wildman–Crippen LogP) is 14.1. The van der Waals surface area contributed by atoms with Crippen LogP contribution < -0.4 is 4.90 Å². The third-order valence-corrected chi connectivity index (χ3v) is 10.7. The molecule has 1 aliphatic carbocycles. The standard InChI is InChI=1S/C51H39N/c1-51(2)49-34-43(38-17-10-5-11-18-38)27-31-47(49)48-32-30-46(35-50(48)51)52(45-20-12-19-42(33-45)37-15-8-4-9-16-37)44-28-25-41(26-29-44)40-23-21-39(22-24-40)36-13-6-3-7-14-36/h3-35H,1-2H3. The molecule has 1 aliphatic rings. The summed E-state index contributed by atoms with van der Waals surface area (Å²) in [5.74, 6) is 0. The predicted molar refractivity (Wildman–Crippen MR) is 220 cm³/mol. The zero-order chi connectivity index (χ0) is 35.1. The second-order valence-electron chi connectivity index (χ2n) is 14.2. The molecule has 0 aliphatic heterocycles. The van der Waals surface area contributed by atoms with E-state index in [9.17, 15) is 0 Å². The van der Waals surface area contributed by atoms with Crippen molar-refractivity contribution in [1.82, 2.24) is 0 Å². The fourth-order valence-corrected chi connectivity index (χ4v) is 7.87. The molecule has 0 bridgehead atoms. The van der Waals surface area contributed by atoms with E-state index in [4.69, 9.17) is 0 Å². The Morgan fingerprint density at radius 2 is 0.654 bits per heavy atom. The van der Waals surface area contributed by atoms with E-state index >= 15 is 0 Å². The van der Waals surface area contributed by atoms with Gasteiger partial charge in [0.2, 0.25) is 0 Å². The van der Waals surface area contributed by atoms with Crippen LogP contribution >= 0.6 is 0 Å². The van der Waals surface area contributed by atoms with E-state index in [1.54, 1.807) is 0 Å². The van der Waals surface area contributed by atoms with Gasteiger partial charge in [-0.3, -0.25) is 0 Å². The minimum atomic E-state index is -0.154. The Hall–Kier alpha value is -6.44. The van der Waals surface area contributed by atoms with Crippen LogP contribution in [0.15, 0.2) is 200 Å². The summed E-state index contributed by atoms with van der Waals surface area (Å²) in [6.07, 6.45) is 0. The van der Waals surface area contributed by atoms with Crippen LogP contribution in [-0.4, -0.2) is 0 Å². The minimum Gasteiger partial charge on any atom is -0.310 e. The molecule has 0 radical (unpaired) electrons. The Morgan fingerprint density at radius 1 is 0.288 bits per heavy atom. The molecule has 0 atom stereocenters. The van der Waals surface area contributed by atoms with E-state index in [2.05, 4.69) is 219 Å². The van der Waals surface area contributed by atoms with E-state index in [0.29, 0.717) is 0 Å². The third-order valence-electron chi connectivity index (χ3n) is 10.7. The number of hydrogen-bond acceptors (Lipinski definition) is 1. The molecule has 248 valence electrons. The van der Waals surface area contributed by atoms with Crippen LogP contribution in [0.2, 0.25) is 0 Å². The van der Waals surface area contributed by atoms with E-state index in [0.717, 1.165) is 17.1 Å². The topological polar surface area (TPSA) is 3.24 Å². The lowest BCUT2D eigenvalue weighted by atomic mass is 9.81. The number of benzene rings is 8. The van der Waals surface area contributed by atoms with Gasteiger partial charge in [0.25, 0.3) is 0 Å². The highest BCUT2D eigenvalue weighted by molar-refractivity contribution is 5.88. The summed E-state index contributed by atoms with van der Waals surface area (Å²) in [6, 6.07) is 72.7. The first-order chi connectivity index (χ1) is 25.5. The monoisotopic (exact) mass is 665 g/mol. The van der Waals surface area contributed by atoms with Gasteiger partial charge in [-0.15, -0.1) is 0 Å². The number of fused-ring (bicyclic) bond motifs is 3. The summed E-state index contributed by atoms with van der Waals surface area (Å²) >= 11 is 0. The van der Waals surface area contributed by atoms with Gasteiger partial charge in [0.05, 0.1) is 0 Å². The van der Waals surface area contributed by atoms with Crippen LogP contribution in [0.4, 0.5) is 17.1 Å². The fraction of sp³-hybridized carbons (Fsp3) is 0.0588. The highest BCUT2D eigenvalue weighted by Gasteiger charge is 2.36. The zero-order valence-electron chi connectivity index (χ0n) is 29.5. The smallest absolute Gasteiger partial charge is 0.0467 e. The van der Waals surface area contributed by atoms with E-state index in [1.807, 2.05) is 0 Å². The van der Waals surface area contributed by atoms with Crippen LogP contribution in [0, 0.1) is 0 Å². The minimum absolute atomic E-state index is 0.154. The van der Waals surface area contributed by atoms with Gasteiger partial charge in [-0.2, -0.15) is 0 Å². The van der Waals surface area contributed by atoms with E-state index in [1.165, 1.54) is 66.8 Å².